The molecule has 130 valence electrons. The van der Waals surface area contributed by atoms with Crippen molar-refractivity contribution in [3.63, 3.8) is 0 Å². The quantitative estimate of drug-likeness (QED) is 0.749. The highest BCUT2D eigenvalue weighted by molar-refractivity contribution is 7.13. The molecule has 0 spiro atoms. The van der Waals surface area contributed by atoms with Gasteiger partial charge in [0, 0.05) is 24.9 Å². The monoisotopic (exact) mass is 357 g/mol. The lowest BCUT2D eigenvalue weighted by molar-refractivity contribution is -0.122. The Morgan fingerprint density at radius 1 is 1.28 bits per heavy atom. The molecule has 0 atom stereocenters. The van der Waals surface area contributed by atoms with Crippen molar-refractivity contribution in [1.82, 2.24) is 20.1 Å². The molecule has 1 aromatic carbocycles. The van der Waals surface area contributed by atoms with Crippen LogP contribution in [-0.4, -0.2) is 34.8 Å². The summed E-state index contributed by atoms with van der Waals surface area (Å²) in [7, 11) is 3.84. The molecule has 7 nitrogen and oxygen atoms in total. The van der Waals surface area contributed by atoms with Crippen LogP contribution in [0.3, 0.4) is 0 Å². The van der Waals surface area contributed by atoms with Gasteiger partial charge >= 0.3 is 0 Å². The number of rotatable bonds is 5. The second-order valence-electron chi connectivity index (χ2n) is 5.89. The number of amides is 1. The standard InChI is InChI=1S/C17H19N5O2S/c1-11-13-6-4-5-7-14(13)16(24)22(20-11)9-15(23)18-8-12-10-25-17(19-12)21(2)3/h4-7,10H,8-9H2,1-3H3,(H,18,23). The molecule has 0 fully saturated rings. The first-order valence-corrected chi connectivity index (χ1v) is 8.68. The number of aromatic nitrogens is 3. The predicted octanol–water partition coefficient (Wildman–Crippen LogP) is 1.54. The summed E-state index contributed by atoms with van der Waals surface area (Å²) >= 11 is 1.52. The Hall–Kier alpha value is -2.74. The SMILES string of the molecule is Cc1nn(CC(=O)NCc2csc(N(C)C)n2)c(=O)c2ccccc12. The minimum atomic E-state index is -0.274. The first kappa shape index (κ1) is 17.1. The molecule has 0 bridgehead atoms. The average molecular weight is 357 g/mol. The molecular weight excluding hydrogens is 338 g/mol. The van der Waals surface area contributed by atoms with Crippen molar-refractivity contribution in [1.29, 1.82) is 0 Å². The van der Waals surface area contributed by atoms with Gasteiger partial charge in [0.15, 0.2) is 5.13 Å². The topological polar surface area (TPSA) is 80.1 Å². The molecule has 0 aliphatic carbocycles. The second kappa shape index (κ2) is 7.02. The third-order valence-electron chi connectivity index (χ3n) is 3.73. The van der Waals surface area contributed by atoms with Crippen LogP contribution in [0.5, 0.6) is 0 Å². The zero-order valence-corrected chi connectivity index (χ0v) is 15.1. The van der Waals surface area contributed by atoms with Crippen LogP contribution in [0.1, 0.15) is 11.4 Å². The van der Waals surface area contributed by atoms with Crippen molar-refractivity contribution in [2.24, 2.45) is 0 Å². The summed E-state index contributed by atoms with van der Waals surface area (Å²) in [5.74, 6) is -0.274. The smallest absolute Gasteiger partial charge is 0.275 e. The van der Waals surface area contributed by atoms with E-state index < -0.39 is 0 Å². The van der Waals surface area contributed by atoms with Crippen molar-refractivity contribution in [2.75, 3.05) is 19.0 Å². The molecule has 0 aliphatic heterocycles. The van der Waals surface area contributed by atoms with Crippen LogP contribution in [-0.2, 0) is 17.9 Å². The van der Waals surface area contributed by atoms with Crippen LogP contribution in [0.15, 0.2) is 34.4 Å². The van der Waals surface area contributed by atoms with Gasteiger partial charge < -0.3 is 10.2 Å². The molecule has 0 unspecified atom stereocenters. The van der Waals surface area contributed by atoms with E-state index in [1.807, 2.05) is 43.4 Å². The number of carbonyl (C=O) groups is 1. The van der Waals surface area contributed by atoms with Crippen molar-refractivity contribution in [3.8, 4) is 0 Å². The molecule has 0 aliphatic rings. The van der Waals surface area contributed by atoms with Gasteiger partial charge in [-0.3, -0.25) is 9.59 Å². The summed E-state index contributed by atoms with van der Waals surface area (Å²) in [6.45, 7) is 2.04. The van der Waals surface area contributed by atoms with Gasteiger partial charge in [0.1, 0.15) is 6.54 Å². The molecule has 8 heteroatoms. The lowest BCUT2D eigenvalue weighted by Gasteiger charge is -2.09. The summed E-state index contributed by atoms with van der Waals surface area (Å²) in [6.07, 6.45) is 0. The lowest BCUT2D eigenvalue weighted by Crippen LogP contribution is -2.34. The van der Waals surface area contributed by atoms with E-state index in [-0.39, 0.29) is 18.0 Å². The number of fused-ring (bicyclic) bond motifs is 1. The minimum absolute atomic E-state index is 0.116. The van der Waals surface area contributed by atoms with Crippen molar-refractivity contribution >= 4 is 33.1 Å². The number of nitrogens with zero attached hydrogens (tertiary/aromatic N) is 4. The van der Waals surface area contributed by atoms with Gasteiger partial charge in [-0.05, 0) is 13.0 Å². The van der Waals surface area contributed by atoms with Crippen LogP contribution < -0.4 is 15.8 Å². The van der Waals surface area contributed by atoms with Crippen LogP contribution in [0.4, 0.5) is 5.13 Å². The minimum Gasteiger partial charge on any atom is -0.354 e. The Labute approximate surface area is 148 Å². The van der Waals surface area contributed by atoms with E-state index >= 15 is 0 Å². The van der Waals surface area contributed by atoms with E-state index in [1.165, 1.54) is 16.0 Å². The van der Waals surface area contributed by atoms with Crippen LogP contribution >= 0.6 is 11.3 Å². The van der Waals surface area contributed by atoms with Gasteiger partial charge in [0.25, 0.3) is 5.56 Å². The normalized spacial score (nSPS) is 10.8. The third-order valence-corrected chi connectivity index (χ3v) is 4.79. The summed E-state index contributed by atoms with van der Waals surface area (Å²) in [6, 6.07) is 7.27. The maximum Gasteiger partial charge on any atom is 0.275 e. The van der Waals surface area contributed by atoms with Gasteiger partial charge in [0.05, 0.1) is 23.3 Å². The number of carbonyl (C=O) groups excluding carboxylic acids is 1. The molecule has 2 aromatic heterocycles. The van der Waals surface area contributed by atoms with Crippen LogP contribution in [0.2, 0.25) is 0 Å². The van der Waals surface area contributed by atoms with E-state index in [9.17, 15) is 9.59 Å². The zero-order valence-electron chi connectivity index (χ0n) is 14.3. The van der Waals surface area contributed by atoms with Crippen LogP contribution in [0.25, 0.3) is 10.8 Å². The Morgan fingerprint density at radius 2 is 2.00 bits per heavy atom. The number of anilines is 1. The average Bonchev–Trinajstić information content (AvgIpc) is 3.07. The molecule has 0 saturated heterocycles. The molecule has 0 saturated carbocycles. The first-order chi connectivity index (χ1) is 12.0. The molecule has 0 radical (unpaired) electrons. The maximum atomic E-state index is 12.5. The molecule has 2 heterocycles. The largest absolute Gasteiger partial charge is 0.354 e. The van der Waals surface area contributed by atoms with Crippen molar-refractivity contribution in [2.45, 2.75) is 20.0 Å². The summed E-state index contributed by atoms with van der Waals surface area (Å²) < 4.78 is 1.21. The van der Waals surface area contributed by atoms with Crippen LogP contribution in [0, 0.1) is 6.92 Å². The zero-order chi connectivity index (χ0) is 18.0. The predicted molar refractivity (Wildman–Crippen MR) is 99.0 cm³/mol. The summed E-state index contributed by atoms with van der Waals surface area (Å²) in [5, 5.41) is 11.2. The summed E-state index contributed by atoms with van der Waals surface area (Å²) in [5.41, 5.74) is 1.25. The molecule has 1 N–H and O–H groups in total. The van der Waals surface area contributed by atoms with E-state index in [1.54, 1.807) is 12.1 Å². The highest BCUT2D eigenvalue weighted by Crippen LogP contribution is 2.17. The number of benzene rings is 1. The maximum absolute atomic E-state index is 12.5. The molecule has 25 heavy (non-hydrogen) atoms. The van der Waals surface area contributed by atoms with E-state index in [4.69, 9.17) is 0 Å². The van der Waals surface area contributed by atoms with Crippen molar-refractivity contribution in [3.05, 3.63) is 51.4 Å². The number of thiazole rings is 1. The summed E-state index contributed by atoms with van der Waals surface area (Å²) in [4.78, 5) is 31.0. The highest BCUT2D eigenvalue weighted by Gasteiger charge is 2.11. The molecule has 3 rings (SSSR count). The second-order valence-corrected chi connectivity index (χ2v) is 6.72. The molecule has 3 aromatic rings. The van der Waals surface area contributed by atoms with Crippen molar-refractivity contribution < 1.29 is 4.79 Å². The Balaban J connectivity index is 1.71. The van der Waals surface area contributed by atoms with Gasteiger partial charge in [-0.1, -0.05) is 18.2 Å². The first-order valence-electron chi connectivity index (χ1n) is 7.80. The number of hydrogen-bond donors (Lipinski definition) is 1. The Bertz CT molecular complexity index is 977. The van der Waals surface area contributed by atoms with Gasteiger partial charge in [-0.25, -0.2) is 9.67 Å². The van der Waals surface area contributed by atoms with E-state index in [0.717, 1.165) is 21.9 Å². The Morgan fingerprint density at radius 3 is 2.68 bits per heavy atom. The Kier molecular flexibility index (Phi) is 4.80. The fourth-order valence-corrected chi connectivity index (χ4v) is 3.23. The van der Waals surface area contributed by atoms with E-state index in [0.29, 0.717) is 11.9 Å². The molecular formula is C17H19N5O2S. The number of nitrogens with one attached hydrogen (secondary N) is 1. The third kappa shape index (κ3) is 3.69. The molecule has 1 amide bonds. The number of hydrogen-bond acceptors (Lipinski definition) is 6. The fraction of sp³-hybridized carbons (Fsp3) is 0.294. The number of aryl methyl sites for hydroxylation is 1. The van der Waals surface area contributed by atoms with Gasteiger partial charge in [0.2, 0.25) is 5.91 Å². The lowest BCUT2D eigenvalue weighted by atomic mass is 10.1. The highest BCUT2D eigenvalue weighted by atomic mass is 32.1. The van der Waals surface area contributed by atoms with Gasteiger partial charge in [-0.2, -0.15) is 5.10 Å². The van der Waals surface area contributed by atoms with Gasteiger partial charge in [-0.15, -0.1) is 11.3 Å². The van der Waals surface area contributed by atoms with E-state index in [2.05, 4.69) is 15.4 Å². The fourth-order valence-electron chi connectivity index (χ4n) is 2.48.